The van der Waals surface area contributed by atoms with Gasteiger partial charge in [0.25, 0.3) is 0 Å². The van der Waals surface area contributed by atoms with E-state index in [4.69, 9.17) is 20.0 Å². The number of hydrogen-bond donors (Lipinski definition) is 0. The van der Waals surface area contributed by atoms with Crippen molar-refractivity contribution in [1.29, 1.82) is 0 Å². The van der Waals surface area contributed by atoms with Gasteiger partial charge in [-0.05, 0) is 89.7 Å². The maximum absolute atomic E-state index is 6.62. The molecular weight excluding hydrogens is 509 g/mol. The molecule has 1 heterocycles. The number of rotatable bonds is 11. The van der Waals surface area contributed by atoms with E-state index in [-0.39, 0.29) is 10.1 Å². The number of benzene rings is 1. The van der Waals surface area contributed by atoms with Crippen molar-refractivity contribution >= 4 is 33.5 Å². The van der Waals surface area contributed by atoms with Gasteiger partial charge in [-0.15, -0.1) is 17.8 Å². The quantitative estimate of drug-likeness (QED) is 0.204. The van der Waals surface area contributed by atoms with Crippen LogP contribution in [0.4, 0.5) is 0 Å². The van der Waals surface area contributed by atoms with E-state index in [1.165, 1.54) is 20.9 Å². The van der Waals surface area contributed by atoms with Crippen molar-refractivity contribution in [3.8, 4) is 18.1 Å². The topological polar surface area (TPSA) is 27.7 Å². The number of allylic oxidation sites excluding steroid dienone is 2. The molecule has 3 nitrogen and oxygen atoms in total. The van der Waals surface area contributed by atoms with Crippen molar-refractivity contribution in [2.24, 2.45) is 0 Å². The van der Waals surface area contributed by atoms with Crippen LogP contribution in [0, 0.1) is 12.3 Å². The number of hydrogen-bond acceptors (Lipinski definition) is 4. The van der Waals surface area contributed by atoms with Gasteiger partial charge in [-0.2, -0.15) is 0 Å². The van der Waals surface area contributed by atoms with Crippen LogP contribution in [0.5, 0.6) is 5.75 Å². The molecule has 0 saturated heterocycles. The van der Waals surface area contributed by atoms with Crippen LogP contribution in [-0.4, -0.2) is 16.6 Å². The van der Waals surface area contributed by atoms with E-state index < -0.39 is 16.6 Å². The molecular formula is C31H48O3SSi2. The van der Waals surface area contributed by atoms with Gasteiger partial charge in [0.05, 0.1) is 13.2 Å². The van der Waals surface area contributed by atoms with Crippen LogP contribution in [0.3, 0.4) is 0 Å². The summed E-state index contributed by atoms with van der Waals surface area (Å²) in [5.74, 6) is 3.51. The van der Waals surface area contributed by atoms with Crippen LogP contribution < -0.4 is 4.74 Å². The Morgan fingerprint density at radius 1 is 0.865 bits per heavy atom. The van der Waals surface area contributed by atoms with Crippen molar-refractivity contribution in [3.63, 3.8) is 0 Å². The Balaban J connectivity index is 2.24. The lowest BCUT2D eigenvalue weighted by Gasteiger charge is -2.37. The molecule has 0 saturated carbocycles. The van der Waals surface area contributed by atoms with Crippen LogP contribution in [-0.2, 0) is 28.7 Å². The molecule has 0 aliphatic rings. The van der Waals surface area contributed by atoms with Crippen molar-refractivity contribution < 1.29 is 13.6 Å². The molecule has 1 aromatic heterocycles. The minimum atomic E-state index is -1.90. The van der Waals surface area contributed by atoms with Gasteiger partial charge in [-0.25, -0.2) is 0 Å². The third kappa shape index (κ3) is 8.69. The maximum Gasteiger partial charge on any atom is 0.192 e. The van der Waals surface area contributed by atoms with E-state index in [0.29, 0.717) is 19.8 Å². The molecule has 0 fully saturated rings. The molecule has 0 radical (unpaired) electrons. The van der Waals surface area contributed by atoms with Crippen LogP contribution in [0.15, 0.2) is 36.4 Å². The third-order valence-electron chi connectivity index (χ3n) is 7.96. The Labute approximate surface area is 232 Å². The van der Waals surface area contributed by atoms with Crippen LogP contribution in [0.1, 0.15) is 75.8 Å². The molecule has 0 aliphatic heterocycles. The van der Waals surface area contributed by atoms with Gasteiger partial charge in [0.15, 0.2) is 16.6 Å². The second kappa shape index (κ2) is 12.5. The first-order valence-corrected chi connectivity index (χ1v) is 19.9. The summed E-state index contributed by atoms with van der Waals surface area (Å²) in [6.07, 6.45) is 8.27. The Morgan fingerprint density at radius 2 is 1.43 bits per heavy atom. The average molecular weight is 557 g/mol. The lowest BCUT2D eigenvalue weighted by Crippen LogP contribution is -2.41. The molecule has 0 amide bonds. The van der Waals surface area contributed by atoms with Crippen molar-refractivity contribution in [3.05, 3.63) is 57.3 Å². The Morgan fingerprint density at radius 3 is 1.95 bits per heavy atom. The van der Waals surface area contributed by atoms with E-state index in [1.807, 2.05) is 6.08 Å². The molecule has 204 valence electrons. The molecule has 0 atom stereocenters. The number of thiophene rings is 1. The smallest absolute Gasteiger partial charge is 0.192 e. The van der Waals surface area contributed by atoms with Crippen LogP contribution in [0.25, 0.3) is 5.57 Å². The second-order valence-corrected chi connectivity index (χ2v) is 23.6. The van der Waals surface area contributed by atoms with E-state index in [9.17, 15) is 0 Å². The summed E-state index contributed by atoms with van der Waals surface area (Å²) in [4.78, 5) is 2.39. The van der Waals surface area contributed by atoms with Gasteiger partial charge < -0.3 is 13.6 Å². The molecule has 0 bridgehead atoms. The highest BCUT2D eigenvalue weighted by molar-refractivity contribution is 7.13. The third-order valence-corrected chi connectivity index (χ3v) is 18.1. The summed E-state index contributed by atoms with van der Waals surface area (Å²) in [7, 11) is -3.77. The van der Waals surface area contributed by atoms with Crippen molar-refractivity contribution in [2.75, 3.05) is 0 Å². The van der Waals surface area contributed by atoms with Gasteiger partial charge in [-0.1, -0.05) is 60.5 Å². The fourth-order valence-corrected chi connectivity index (χ4v) is 6.05. The predicted octanol–water partition coefficient (Wildman–Crippen LogP) is 9.80. The van der Waals surface area contributed by atoms with Gasteiger partial charge in [0, 0.05) is 9.75 Å². The number of terminal acetylenes is 1. The zero-order valence-corrected chi connectivity index (χ0v) is 27.8. The lowest BCUT2D eigenvalue weighted by molar-refractivity contribution is 0.255. The minimum absolute atomic E-state index is 0.154. The molecule has 0 unspecified atom stereocenters. The molecule has 0 aliphatic carbocycles. The fourth-order valence-electron chi connectivity index (χ4n) is 3.15. The highest BCUT2D eigenvalue weighted by Gasteiger charge is 2.38. The van der Waals surface area contributed by atoms with Crippen molar-refractivity contribution in [1.82, 2.24) is 0 Å². The van der Waals surface area contributed by atoms with Gasteiger partial charge in [0.2, 0.25) is 0 Å². The summed E-state index contributed by atoms with van der Waals surface area (Å²) >= 11 is 1.74. The molecule has 2 aromatic rings. The first-order valence-electron chi connectivity index (χ1n) is 13.3. The summed E-state index contributed by atoms with van der Waals surface area (Å²) < 4.78 is 19.4. The monoisotopic (exact) mass is 556 g/mol. The standard InChI is InChI=1S/C31H48O3SSi2/c1-13-15-24(14-2)29-19-18-28(35-29)23-32-27-17-16-25(21-33-36(9,10)30(3,4)5)26(20-27)22-34-37(11,12)31(6,7)8/h1,15-20H,14,21-23H2,2-12H3/b24-15+. The first kappa shape index (κ1) is 31.6. The second-order valence-electron chi connectivity index (χ2n) is 12.8. The summed E-state index contributed by atoms with van der Waals surface area (Å²) in [5, 5.41) is 0.321. The number of ether oxygens (including phenoxy) is 1. The Kier molecular flexibility index (Phi) is 10.7. The SMILES string of the molecule is C#C/C=C(\CC)c1ccc(COc2ccc(CO[Si](C)(C)C(C)(C)C)c(CO[Si](C)(C)C(C)(C)C)c2)s1. The average Bonchev–Trinajstić information content (AvgIpc) is 3.26. The zero-order valence-electron chi connectivity index (χ0n) is 25.0. The Hall–Kier alpha value is -1.63. The van der Waals surface area contributed by atoms with Crippen LogP contribution >= 0.6 is 11.3 Å². The van der Waals surface area contributed by atoms with E-state index in [0.717, 1.165) is 17.7 Å². The molecule has 0 N–H and O–H groups in total. The highest BCUT2D eigenvalue weighted by atomic mass is 32.1. The van der Waals surface area contributed by atoms with E-state index >= 15 is 0 Å². The molecule has 37 heavy (non-hydrogen) atoms. The molecule has 1 aromatic carbocycles. The van der Waals surface area contributed by atoms with Crippen LogP contribution in [0.2, 0.25) is 36.3 Å². The van der Waals surface area contributed by atoms with Crippen molar-refractivity contribution in [2.45, 2.75) is 111 Å². The Bertz CT molecular complexity index is 1110. The predicted molar refractivity (Wildman–Crippen MR) is 166 cm³/mol. The summed E-state index contributed by atoms with van der Waals surface area (Å²) in [6, 6.07) is 10.6. The normalized spacial score (nSPS) is 13.5. The summed E-state index contributed by atoms with van der Waals surface area (Å²) in [6.45, 7) is 26.7. The minimum Gasteiger partial charge on any atom is -0.488 e. The fraction of sp³-hybridized carbons (Fsp3) is 0.548. The van der Waals surface area contributed by atoms with Gasteiger partial charge in [0.1, 0.15) is 12.4 Å². The maximum atomic E-state index is 6.62. The largest absolute Gasteiger partial charge is 0.488 e. The van der Waals surface area contributed by atoms with Gasteiger partial charge in [-0.3, -0.25) is 0 Å². The molecule has 2 rings (SSSR count). The lowest BCUT2D eigenvalue weighted by atomic mass is 10.1. The first-order chi connectivity index (χ1) is 17.0. The molecule has 0 spiro atoms. The summed E-state index contributed by atoms with van der Waals surface area (Å²) in [5.41, 5.74) is 3.52. The van der Waals surface area contributed by atoms with E-state index in [1.54, 1.807) is 11.3 Å². The molecule has 6 heteroatoms. The van der Waals surface area contributed by atoms with E-state index in [2.05, 4.69) is 111 Å². The van der Waals surface area contributed by atoms with Gasteiger partial charge >= 0.3 is 0 Å². The zero-order chi connectivity index (χ0) is 28.1. The highest BCUT2D eigenvalue weighted by Crippen LogP contribution is 2.39.